The molecule has 11 heteroatoms. The van der Waals surface area contributed by atoms with Crippen LogP contribution in [-0.2, 0) is 25.5 Å². The molecular formula is C19H30N6O5. The third kappa shape index (κ3) is 6.55. The Bertz CT molecular complexity index is 922. The SMILES string of the molecule is CCCC(=O)OCC(CCOC(=O)[C@@H](N)C(C)C)Cc1nc2nc(N)[nH]c(=O)c2[nH]1. The van der Waals surface area contributed by atoms with Gasteiger partial charge < -0.3 is 25.9 Å². The van der Waals surface area contributed by atoms with Gasteiger partial charge in [-0.05, 0) is 18.8 Å². The number of esters is 2. The number of aromatic nitrogens is 4. The fraction of sp³-hybridized carbons (Fsp3) is 0.632. The van der Waals surface area contributed by atoms with Gasteiger partial charge in [0, 0.05) is 18.8 Å². The summed E-state index contributed by atoms with van der Waals surface area (Å²) < 4.78 is 10.6. The molecule has 0 bridgehead atoms. The Morgan fingerprint density at radius 1 is 1.17 bits per heavy atom. The molecular weight excluding hydrogens is 392 g/mol. The van der Waals surface area contributed by atoms with Crippen LogP contribution in [0, 0.1) is 11.8 Å². The summed E-state index contributed by atoms with van der Waals surface area (Å²) in [6.07, 6.45) is 1.81. The number of nitrogens with zero attached hydrogens (tertiary/aromatic N) is 2. The van der Waals surface area contributed by atoms with E-state index < -0.39 is 17.6 Å². The van der Waals surface area contributed by atoms with E-state index in [4.69, 9.17) is 20.9 Å². The average molecular weight is 422 g/mol. The van der Waals surface area contributed by atoms with Gasteiger partial charge in [0.1, 0.15) is 11.9 Å². The van der Waals surface area contributed by atoms with E-state index in [9.17, 15) is 14.4 Å². The largest absolute Gasteiger partial charge is 0.465 e. The Labute approximate surface area is 173 Å². The first-order valence-electron chi connectivity index (χ1n) is 10.0. The Balaban J connectivity index is 2.05. The van der Waals surface area contributed by atoms with Crippen LogP contribution in [0.25, 0.3) is 11.2 Å². The molecule has 0 aliphatic carbocycles. The number of carbonyl (C=O) groups is 2. The second kappa shape index (κ2) is 10.7. The molecule has 2 heterocycles. The zero-order valence-corrected chi connectivity index (χ0v) is 17.6. The lowest BCUT2D eigenvalue weighted by molar-refractivity contribution is -0.149. The van der Waals surface area contributed by atoms with Gasteiger partial charge in [-0.1, -0.05) is 20.8 Å². The lowest BCUT2D eigenvalue weighted by Crippen LogP contribution is -2.37. The van der Waals surface area contributed by atoms with Crippen LogP contribution in [0.1, 0.15) is 45.9 Å². The summed E-state index contributed by atoms with van der Waals surface area (Å²) in [5.41, 5.74) is 11.4. The molecule has 1 unspecified atom stereocenters. The number of carbonyl (C=O) groups excluding carboxylic acids is 2. The maximum atomic E-state index is 12.0. The highest BCUT2D eigenvalue weighted by atomic mass is 16.5. The van der Waals surface area contributed by atoms with Crippen LogP contribution in [0.15, 0.2) is 4.79 Å². The molecule has 0 saturated carbocycles. The van der Waals surface area contributed by atoms with Crippen LogP contribution >= 0.6 is 0 Å². The average Bonchev–Trinajstić information content (AvgIpc) is 3.08. The maximum absolute atomic E-state index is 12.0. The van der Waals surface area contributed by atoms with Gasteiger partial charge in [0.15, 0.2) is 11.2 Å². The molecule has 0 fully saturated rings. The van der Waals surface area contributed by atoms with E-state index in [1.807, 2.05) is 20.8 Å². The molecule has 6 N–H and O–H groups in total. The minimum absolute atomic E-state index is 0.0241. The van der Waals surface area contributed by atoms with E-state index >= 15 is 0 Å². The second-order valence-electron chi connectivity index (χ2n) is 7.56. The van der Waals surface area contributed by atoms with Gasteiger partial charge in [0.2, 0.25) is 5.95 Å². The summed E-state index contributed by atoms with van der Waals surface area (Å²) in [7, 11) is 0. The highest BCUT2D eigenvalue weighted by Crippen LogP contribution is 2.15. The van der Waals surface area contributed by atoms with Crippen molar-refractivity contribution in [3.63, 3.8) is 0 Å². The van der Waals surface area contributed by atoms with E-state index in [0.29, 0.717) is 31.5 Å². The number of nitrogens with one attached hydrogen (secondary N) is 2. The Morgan fingerprint density at radius 2 is 1.90 bits per heavy atom. The van der Waals surface area contributed by atoms with Crippen molar-refractivity contribution >= 4 is 29.1 Å². The number of hydrogen-bond donors (Lipinski definition) is 4. The van der Waals surface area contributed by atoms with Crippen LogP contribution in [0.2, 0.25) is 0 Å². The van der Waals surface area contributed by atoms with Crippen molar-refractivity contribution in [1.29, 1.82) is 0 Å². The summed E-state index contributed by atoms with van der Waals surface area (Å²) in [4.78, 5) is 49.3. The number of ether oxygens (including phenoxy) is 2. The Hall–Kier alpha value is -2.95. The number of aromatic amines is 2. The van der Waals surface area contributed by atoms with E-state index in [-0.39, 0.29) is 48.1 Å². The minimum atomic E-state index is -0.690. The fourth-order valence-corrected chi connectivity index (χ4v) is 2.77. The predicted molar refractivity (Wildman–Crippen MR) is 110 cm³/mol. The summed E-state index contributed by atoms with van der Waals surface area (Å²) in [6, 6.07) is -0.690. The van der Waals surface area contributed by atoms with Crippen molar-refractivity contribution in [3.8, 4) is 0 Å². The van der Waals surface area contributed by atoms with Crippen LogP contribution in [0.3, 0.4) is 0 Å². The summed E-state index contributed by atoms with van der Waals surface area (Å²) in [5, 5.41) is 0. The molecule has 0 saturated heterocycles. The maximum Gasteiger partial charge on any atom is 0.323 e. The topological polar surface area (TPSA) is 179 Å². The van der Waals surface area contributed by atoms with Crippen molar-refractivity contribution < 1.29 is 19.1 Å². The van der Waals surface area contributed by atoms with Crippen molar-refractivity contribution in [1.82, 2.24) is 19.9 Å². The van der Waals surface area contributed by atoms with Gasteiger partial charge in [0.25, 0.3) is 5.56 Å². The first-order chi connectivity index (χ1) is 14.2. The van der Waals surface area contributed by atoms with Gasteiger partial charge in [-0.2, -0.15) is 4.98 Å². The number of nitrogen functional groups attached to an aromatic ring is 1. The third-order valence-electron chi connectivity index (χ3n) is 4.61. The van der Waals surface area contributed by atoms with Crippen LogP contribution in [0.5, 0.6) is 0 Å². The zero-order chi connectivity index (χ0) is 22.3. The summed E-state index contributed by atoms with van der Waals surface area (Å²) >= 11 is 0. The molecule has 0 aromatic carbocycles. The smallest absolute Gasteiger partial charge is 0.323 e. The predicted octanol–water partition coefficient (Wildman–Crippen LogP) is 0.647. The summed E-state index contributed by atoms with van der Waals surface area (Å²) in [5.74, 6) is -0.513. The lowest BCUT2D eigenvalue weighted by Gasteiger charge is -2.18. The fourth-order valence-electron chi connectivity index (χ4n) is 2.77. The molecule has 166 valence electrons. The number of nitrogens with two attached hydrogens (primary N) is 2. The van der Waals surface area contributed by atoms with Crippen molar-refractivity contribution in [3.05, 3.63) is 16.2 Å². The molecule has 0 radical (unpaired) electrons. The first-order valence-corrected chi connectivity index (χ1v) is 10.0. The molecule has 2 rings (SSSR count). The quantitative estimate of drug-likeness (QED) is 0.378. The summed E-state index contributed by atoms with van der Waals surface area (Å²) in [6.45, 7) is 5.83. The van der Waals surface area contributed by atoms with Gasteiger partial charge in [-0.25, -0.2) is 4.98 Å². The number of fused-ring (bicyclic) bond motifs is 1. The molecule has 0 aliphatic heterocycles. The lowest BCUT2D eigenvalue weighted by atomic mass is 10.0. The Kier molecular flexibility index (Phi) is 8.34. The number of anilines is 1. The number of rotatable bonds is 11. The van der Waals surface area contributed by atoms with Gasteiger partial charge in [-0.15, -0.1) is 0 Å². The van der Waals surface area contributed by atoms with Crippen molar-refractivity contribution in [2.45, 2.75) is 52.5 Å². The molecule has 0 spiro atoms. The highest BCUT2D eigenvalue weighted by molar-refractivity contribution is 5.75. The second-order valence-corrected chi connectivity index (χ2v) is 7.56. The van der Waals surface area contributed by atoms with E-state index in [1.165, 1.54) is 0 Å². The van der Waals surface area contributed by atoms with E-state index in [1.54, 1.807) is 0 Å². The minimum Gasteiger partial charge on any atom is -0.465 e. The van der Waals surface area contributed by atoms with Crippen LogP contribution in [-0.4, -0.2) is 51.1 Å². The molecule has 2 atom stereocenters. The van der Waals surface area contributed by atoms with Crippen molar-refractivity contribution in [2.75, 3.05) is 18.9 Å². The molecule has 0 amide bonds. The molecule has 0 aliphatic rings. The normalized spacial score (nSPS) is 13.4. The van der Waals surface area contributed by atoms with E-state index in [0.717, 1.165) is 0 Å². The standard InChI is InChI=1S/C19H30N6O5/c1-4-5-13(26)30-9-11(6-7-29-18(28)14(20)10(2)3)8-12-22-15-16(23-12)24-19(21)25-17(15)27/h10-11,14H,4-9,20H2,1-3H3,(H4,21,22,23,24,25,27)/t11?,14-/m0/s1. The van der Waals surface area contributed by atoms with Gasteiger partial charge >= 0.3 is 11.9 Å². The molecule has 30 heavy (non-hydrogen) atoms. The molecule has 2 aromatic rings. The zero-order valence-electron chi connectivity index (χ0n) is 17.6. The monoisotopic (exact) mass is 422 g/mol. The van der Waals surface area contributed by atoms with Gasteiger partial charge in [-0.3, -0.25) is 19.4 Å². The number of H-pyrrole nitrogens is 2. The highest BCUT2D eigenvalue weighted by Gasteiger charge is 2.21. The third-order valence-corrected chi connectivity index (χ3v) is 4.61. The number of imidazole rings is 1. The van der Waals surface area contributed by atoms with Crippen LogP contribution in [0.4, 0.5) is 5.95 Å². The van der Waals surface area contributed by atoms with Crippen molar-refractivity contribution in [2.24, 2.45) is 17.6 Å². The van der Waals surface area contributed by atoms with E-state index in [2.05, 4.69) is 19.9 Å². The molecule has 11 nitrogen and oxygen atoms in total. The number of hydrogen-bond acceptors (Lipinski definition) is 9. The Morgan fingerprint density at radius 3 is 2.57 bits per heavy atom. The first kappa shape index (κ1) is 23.3. The molecule has 2 aromatic heterocycles. The van der Waals surface area contributed by atoms with Gasteiger partial charge in [0.05, 0.1) is 13.2 Å². The van der Waals surface area contributed by atoms with Crippen LogP contribution < -0.4 is 17.0 Å².